The Labute approximate surface area is 186 Å². The van der Waals surface area contributed by atoms with Crippen LogP contribution in [-0.4, -0.2) is 23.3 Å². The number of nitrogen functional groups attached to an aromatic ring is 1. The third-order valence-electron chi connectivity index (χ3n) is 6.79. The average molecular weight is 428 g/mol. The highest BCUT2D eigenvalue weighted by atomic mass is 16.3. The Balaban J connectivity index is 1.61. The number of anilines is 3. The highest BCUT2D eigenvalue weighted by Gasteiger charge is 2.58. The van der Waals surface area contributed by atoms with Gasteiger partial charge in [-0.25, -0.2) is 0 Å². The van der Waals surface area contributed by atoms with Crippen molar-refractivity contribution in [3.05, 3.63) is 89.5 Å². The van der Waals surface area contributed by atoms with Crippen molar-refractivity contribution in [2.75, 3.05) is 22.5 Å². The number of carbonyl (C=O) groups is 2. The number of Topliss-reactive ketones (excluding diaryl/α,β-unsaturated/α-hetero) is 1. The van der Waals surface area contributed by atoms with Crippen LogP contribution in [0.1, 0.15) is 41.3 Å². The van der Waals surface area contributed by atoms with Gasteiger partial charge in [0, 0.05) is 34.6 Å². The molecule has 0 aliphatic carbocycles. The first-order valence-corrected chi connectivity index (χ1v) is 10.8. The number of hydrogen-bond acceptors (Lipinski definition) is 5. The lowest BCUT2D eigenvalue weighted by Gasteiger charge is -2.39. The molecular weight excluding hydrogens is 402 g/mol. The number of nitrogens with one attached hydrogen (secondary N) is 1. The third-order valence-corrected chi connectivity index (χ3v) is 6.79. The number of hydrogen-bond donors (Lipinski definition) is 3. The summed E-state index contributed by atoms with van der Waals surface area (Å²) >= 11 is 0. The molecule has 3 aromatic rings. The number of amides is 1. The third kappa shape index (κ3) is 2.76. The van der Waals surface area contributed by atoms with Gasteiger partial charge < -0.3 is 16.2 Å². The Hall–Kier alpha value is -3.64. The van der Waals surface area contributed by atoms with Gasteiger partial charge in [0.1, 0.15) is 0 Å². The molecule has 6 heteroatoms. The van der Waals surface area contributed by atoms with Crippen LogP contribution in [-0.2, 0) is 15.9 Å². The van der Waals surface area contributed by atoms with Crippen molar-refractivity contribution in [1.82, 2.24) is 0 Å². The van der Waals surface area contributed by atoms with Gasteiger partial charge in [-0.1, -0.05) is 55.5 Å². The zero-order valence-electron chi connectivity index (χ0n) is 17.8. The van der Waals surface area contributed by atoms with Crippen molar-refractivity contribution in [3.8, 4) is 0 Å². The molecule has 162 valence electrons. The number of para-hydroxylation sites is 2. The highest BCUT2D eigenvalue weighted by Crippen LogP contribution is 2.52. The van der Waals surface area contributed by atoms with E-state index in [-0.39, 0.29) is 12.2 Å². The van der Waals surface area contributed by atoms with Crippen LogP contribution in [0, 0.1) is 0 Å². The zero-order chi connectivity index (χ0) is 22.5. The van der Waals surface area contributed by atoms with Gasteiger partial charge in [-0.05, 0) is 30.7 Å². The van der Waals surface area contributed by atoms with Crippen molar-refractivity contribution in [1.29, 1.82) is 0 Å². The fourth-order valence-corrected chi connectivity index (χ4v) is 5.12. The first-order valence-electron chi connectivity index (χ1n) is 10.8. The first kappa shape index (κ1) is 20.3. The Bertz CT molecular complexity index is 1240. The van der Waals surface area contributed by atoms with E-state index < -0.39 is 17.0 Å². The monoisotopic (exact) mass is 427 g/mol. The maximum absolute atomic E-state index is 14.0. The smallest absolute Gasteiger partial charge is 0.265 e. The zero-order valence-corrected chi connectivity index (χ0v) is 17.8. The molecule has 3 aromatic carbocycles. The van der Waals surface area contributed by atoms with Gasteiger partial charge in [0.2, 0.25) is 0 Å². The second-order valence-corrected chi connectivity index (χ2v) is 8.53. The standard InChI is InChI=1S/C26H25N3O3/c1-2-25(16-28-21-12-5-3-10-19(21)25)29-22-13-6-4-11-20(22)26(32,24(29)31)15-23(30)17-8-7-9-18(27)14-17/h3-14,28,32H,2,15-16,27H2,1H3. The van der Waals surface area contributed by atoms with Gasteiger partial charge >= 0.3 is 0 Å². The van der Waals surface area contributed by atoms with Crippen molar-refractivity contribution in [2.45, 2.75) is 30.9 Å². The lowest BCUT2D eigenvalue weighted by molar-refractivity contribution is -0.137. The topological polar surface area (TPSA) is 95.7 Å². The van der Waals surface area contributed by atoms with Crippen LogP contribution in [0.25, 0.3) is 0 Å². The summed E-state index contributed by atoms with van der Waals surface area (Å²) in [6.07, 6.45) is 0.300. The molecule has 2 aliphatic heterocycles. The molecule has 6 nitrogen and oxygen atoms in total. The predicted molar refractivity (Wildman–Crippen MR) is 125 cm³/mol. The molecule has 1 amide bonds. The minimum atomic E-state index is -1.95. The summed E-state index contributed by atoms with van der Waals surface area (Å²) in [5.74, 6) is -0.809. The fourth-order valence-electron chi connectivity index (χ4n) is 5.12. The maximum atomic E-state index is 14.0. The van der Waals surface area contributed by atoms with Crippen LogP contribution in [0.4, 0.5) is 17.1 Å². The van der Waals surface area contributed by atoms with E-state index in [1.807, 2.05) is 43.3 Å². The minimum Gasteiger partial charge on any atom is -0.399 e. The lowest BCUT2D eigenvalue weighted by atomic mass is 9.86. The molecule has 4 N–H and O–H groups in total. The largest absolute Gasteiger partial charge is 0.399 e. The SMILES string of the molecule is CCC1(N2C(=O)C(O)(CC(=O)c3cccc(N)c3)c3ccccc32)CNc2ccccc21. The summed E-state index contributed by atoms with van der Waals surface area (Å²) < 4.78 is 0. The van der Waals surface area contributed by atoms with Gasteiger partial charge in [0.15, 0.2) is 11.4 Å². The van der Waals surface area contributed by atoms with E-state index >= 15 is 0 Å². The molecule has 32 heavy (non-hydrogen) atoms. The van der Waals surface area contributed by atoms with Crippen molar-refractivity contribution in [2.24, 2.45) is 0 Å². The number of nitrogens with zero attached hydrogens (tertiary/aromatic N) is 1. The molecule has 0 saturated heterocycles. The minimum absolute atomic E-state index is 0.333. The van der Waals surface area contributed by atoms with Crippen LogP contribution >= 0.6 is 0 Å². The summed E-state index contributed by atoms with van der Waals surface area (Å²) in [6, 6.07) is 21.7. The van der Waals surface area contributed by atoms with Gasteiger partial charge in [-0.2, -0.15) is 0 Å². The number of ketones is 1. The van der Waals surface area contributed by atoms with Crippen molar-refractivity contribution >= 4 is 28.8 Å². The van der Waals surface area contributed by atoms with E-state index in [9.17, 15) is 14.7 Å². The van der Waals surface area contributed by atoms with Crippen LogP contribution in [0.2, 0.25) is 0 Å². The van der Waals surface area contributed by atoms with Gasteiger partial charge in [-0.15, -0.1) is 0 Å². The van der Waals surface area contributed by atoms with Crippen LogP contribution in [0.15, 0.2) is 72.8 Å². The lowest BCUT2D eigenvalue weighted by Crippen LogP contribution is -2.53. The number of fused-ring (bicyclic) bond motifs is 2. The molecule has 2 aliphatic rings. The maximum Gasteiger partial charge on any atom is 0.265 e. The van der Waals surface area contributed by atoms with Crippen LogP contribution in [0.3, 0.4) is 0 Å². The molecule has 0 spiro atoms. The molecular formula is C26H25N3O3. The summed E-state index contributed by atoms with van der Waals surface area (Å²) in [6.45, 7) is 2.57. The van der Waals surface area contributed by atoms with Crippen LogP contribution < -0.4 is 16.0 Å². The highest BCUT2D eigenvalue weighted by molar-refractivity contribution is 6.12. The number of nitrogens with two attached hydrogens (primary N) is 1. The van der Waals surface area contributed by atoms with Gasteiger partial charge in [0.05, 0.1) is 17.6 Å². The molecule has 2 atom stereocenters. The van der Waals surface area contributed by atoms with Gasteiger partial charge in [-0.3, -0.25) is 14.5 Å². The molecule has 0 saturated carbocycles. The molecule has 0 radical (unpaired) electrons. The molecule has 0 aromatic heterocycles. The Morgan fingerprint density at radius 2 is 1.78 bits per heavy atom. The van der Waals surface area contributed by atoms with E-state index in [4.69, 9.17) is 5.73 Å². The van der Waals surface area contributed by atoms with E-state index in [1.54, 1.807) is 41.3 Å². The second kappa shape index (κ2) is 7.21. The molecule has 0 bridgehead atoms. The molecule has 5 rings (SSSR count). The van der Waals surface area contributed by atoms with Crippen LogP contribution in [0.5, 0.6) is 0 Å². The number of aliphatic hydroxyl groups is 1. The summed E-state index contributed by atoms with van der Waals surface area (Å²) in [7, 11) is 0. The van der Waals surface area contributed by atoms with E-state index in [0.29, 0.717) is 35.5 Å². The summed E-state index contributed by atoms with van der Waals surface area (Å²) in [5.41, 5.74) is 7.15. The Morgan fingerprint density at radius 1 is 1.06 bits per heavy atom. The average Bonchev–Trinajstić information content (AvgIpc) is 3.28. The van der Waals surface area contributed by atoms with E-state index in [2.05, 4.69) is 5.32 Å². The number of rotatable bonds is 5. The van der Waals surface area contributed by atoms with Gasteiger partial charge in [0.25, 0.3) is 5.91 Å². The molecule has 2 heterocycles. The normalized spacial score (nSPS) is 23.6. The number of carbonyl (C=O) groups excluding carboxylic acids is 2. The quantitative estimate of drug-likeness (QED) is 0.425. The Kier molecular flexibility index (Phi) is 4.57. The molecule has 0 fully saturated rings. The fraction of sp³-hybridized carbons (Fsp3) is 0.231. The second-order valence-electron chi connectivity index (χ2n) is 8.53. The summed E-state index contributed by atoms with van der Waals surface area (Å²) in [5, 5.41) is 15.2. The van der Waals surface area contributed by atoms with E-state index in [1.165, 1.54) is 0 Å². The first-order chi connectivity index (χ1) is 15.4. The molecule has 2 unspecified atom stereocenters. The van der Waals surface area contributed by atoms with Crippen molar-refractivity contribution < 1.29 is 14.7 Å². The predicted octanol–water partition coefficient (Wildman–Crippen LogP) is 3.81. The van der Waals surface area contributed by atoms with E-state index in [0.717, 1.165) is 11.3 Å². The summed E-state index contributed by atoms with van der Waals surface area (Å²) in [4.78, 5) is 28.7. The van der Waals surface area contributed by atoms with Crippen molar-refractivity contribution in [3.63, 3.8) is 0 Å². The Morgan fingerprint density at radius 3 is 2.53 bits per heavy atom. The number of benzene rings is 3.